The number of unbranched alkanes of at least 4 members (excludes halogenated alkanes) is 3. The summed E-state index contributed by atoms with van der Waals surface area (Å²) in [7, 11) is 0. The van der Waals surface area contributed by atoms with E-state index < -0.39 is 0 Å². The van der Waals surface area contributed by atoms with Gasteiger partial charge in [0.25, 0.3) is 5.56 Å². The van der Waals surface area contributed by atoms with E-state index in [1.165, 1.54) is 4.57 Å². The van der Waals surface area contributed by atoms with E-state index in [4.69, 9.17) is 11.6 Å². The number of hydrogen-bond donors (Lipinski definition) is 0. The van der Waals surface area contributed by atoms with Gasteiger partial charge in [0.2, 0.25) is 0 Å². The normalized spacial score (nSPS) is 10.9. The van der Waals surface area contributed by atoms with Crippen LogP contribution in [0.1, 0.15) is 52.0 Å². The molecule has 0 aromatic carbocycles. The number of aromatic nitrogens is 2. The summed E-state index contributed by atoms with van der Waals surface area (Å²) in [6.45, 7) is 6.80. The van der Waals surface area contributed by atoms with Crippen molar-refractivity contribution in [1.29, 1.82) is 0 Å². The molecule has 0 radical (unpaired) electrons. The molecule has 1 aromatic rings. The Morgan fingerprint density at radius 1 is 1.00 bits per heavy atom. The van der Waals surface area contributed by atoms with Crippen LogP contribution in [0.15, 0.2) is 9.59 Å². The topological polar surface area (TPSA) is 44.0 Å². The van der Waals surface area contributed by atoms with E-state index in [1.807, 2.05) is 6.92 Å². The first-order chi connectivity index (χ1) is 9.08. The average Bonchev–Trinajstić information content (AvgIpc) is 2.39. The van der Waals surface area contributed by atoms with E-state index in [2.05, 4.69) is 6.92 Å². The molecule has 1 heterocycles. The maximum absolute atomic E-state index is 12.2. The van der Waals surface area contributed by atoms with Gasteiger partial charge in [-0.05, 0) is 19.8 Å². The van der Waals surface area contributed by atoms with Gasteiger partial charge in [0.1, 0.15) is 5.15 Å². The molecule has 0 aliphatic rings. The highest BCUT2D eigenvalue weighted by atomic mass is 35.5. The number of nitrogens with zero attached hydrogens (tertiary/aromatic N) is 2. The van der Waals surface area contributed by atoms with Crippen molar-refractivity contribution in [3.05, 3.63) is 31.6 Å². The molecule has 0 bridgehead atoms. The molecule has 108 valence electrons. The van der Waals surface area contributed by atoms with Crippen molar-refractivity contribution in [2.24, 2.45) is 0 Å². The van der Waals surface area contributed by atoms with Crippen LogP contribution in [0.3, 0.4) is 0 Å². The van der Waals surface area contributed by atoms with Crippen LogP contribution in [0, 0.1) is 0 Å². The first-order valence-electron chi connectivity index (χ1n) is 7.10. The Morgan fingerprint density at radius 2 is 1.68 bits per heavy atom. The predicted octanol–water partition coefficient (Wildman–Crippen LogP) is 2.83. The molecule has 5 heteroatoms. The molecule has 0 N–H and O–H groups in total. The molecule has 0 unspecified atom stereocenters. The fraction of sp³-hybridized carbons (Fsp3) is 0.714. The summed E-state index contributed by atoms with van der Waals surface area (Å²) in [6.07, 6.45) is 4.84. The zero-order valence-electron chi connectivity index (χ0n) is 12.0. The van der Waals surface area contributed by atoms with Crippen LogP contribution >= 0.6 is 11.6 Å². The van der Waals surface area contributed by atoms with E-state index in [-0.39, 0.29) is 11.2 Å². The van der Waals surface area contributed by atoms with Gasteiger partial charge >= 0.3 is 5.69 Å². The summed E-state index contributed by atoms with van der Waals surface area (Å²) < 4.78 is 2.81. The van der Waals surface area contributed by atoms with Gasteiger partial charge in [0.05, 0.1) is 5.56 Å². The third-order valence-electron chi connectivity index (χ3n) is 3.36. The van der Waals surface area contributed by atoms with Crippen molar-refractivity contribution in [3.8, 4) is 0 Å². The fourth-order valence-electron chi connectivity index (χ4n) is 2.20. The van der Waals surface area contributed by atoms with Crippen molar-refractivity contribution in [3.63, 3.8) is 0 Å². The Kier molecular flexibility index (Phi) is 6.35. The van der Waals surface area contributed by atoms with Gasteiger partial charge in [-0.1, -0.05) is 44.7 Å². The van der Waals surface area contributed by atoms with Gasteiger partial charge in [-0.15, -0.1) is 0 Å². The van der Waals surface area contributed by atoms with Gasteiger partial charge in [0.15, 0.2) is 0 Å². The van der Waals surface area contributed by atoms with E-state index in [0.717, 1.165) is 25.7 Å². The molecule has 19 heavy (non-hydrogen) atoms. The Balaban J connectivity index is 3.16. The lowest BCUT2D eigenvalue weighted by molar-refractivity contribution is 0.522. The third-order valence-corrected chi connectivity index (χ3v) is 3.79. The minimum absolute atomic E-state index is 0.246. The lowest BCUT2D eigenvalue weighted by Crippen LogP contribution is -2.41. The van der Waals surface area contributed by atoms with E-state index >= 15 is 0 Å². The zero-order valence-corrected chi connectivity index (χ0v) is 12.8. The van der Waals surface area contributed by atoms with Crippen LogP contribution in [0.5, 0.6) is 0 Å². The predicted molar refractivity (Wildman–Crippen MR) is 79.2 cm³/mol. The number of rotatable bonds is 7. The van der Waals surface area contributed by atoms with Crippen molar-refractivity contribution in [2.45, 2.75) is 66.0 Å². The molecule has 0 saturated carbocycles. The van der Waals surface area contributed by atoms with Crippen molar-refractivity contribution >= 4 is 11.6 Å². The molecule has 0 fully saturated rings. The van der Waals surface area contributed by atoms with Gasteiger partial charge < -0.3 is 0 Å². The lowest BCUT2D eigenvalue weighted by atomic mass is 10.2. The lowest BCUT2D eigenvalue weighted by Gasteiger charge is -2.14. The Hall–Kier alpha value is -1.03. The van der Waals surface area contributed by atoms with E-state index in [0.29, 0.717) is 30.2 Å². The molecule has 1 aromatic heterocycles. The van der Waals surface area contributed by atoms with Crippen LogP contribution < -0.4 is 11.2 Å². The Labute approximate surface area is 119 Å². The standard InChI is InChI=1S/C14H23ClN2O2/c1-4-7-8-9-10-17-12(15)11(5-2)13(18)16(6-3)14(17)19/h4-10H2,1-3H3. The molecule has 0 amide bonds. The minimum Gasteiger partial charge on any atom is -0.283 e. The number of halogens is 1. The van der Waals surface area contributed by atoms with Crippen molar-refractivity contribution in [2.75, 3.05) is 0 Å². The zero-order chi connectivity index (χ0) is 14.4. The second-order valence-electron chi connectivity index (χ2n) is 4.67. The number of hydrogen-bond acceptors (Lipinski definition) is 2. The second-order valence-corrected chi connectivity index (χ2v) is 5.03. The van der Waals surface area contributed by atoms with Crippen molar-refractivity contribution in [1.82, 2.24) is 9.13 Å². The molecule has 0 saturated heterocycles. The van der Waals surface area contributed by atoms with Gasteiger partial charge in [-0.3, -0.25) is 13.9 Å². The van der Waals surface area contributed by atoms with Crippen LogP contribution in [0.2, 0.25) is 5.15 Å². The molecule has 0 spiro atoms. The average molecular weight is 287 g/mol. The summed E-state index contributed by atoms with van der Waals surface area (Å²) in [6, 6.07) is 0. The van der Waals surface area contributed by atoms with Gasteiger partial charge in [-0.2, -0.15) is 0 Å². The highest BCUT2D eigenvalue weighted by Gasteiger charge is 2.15. The third kappa shape index (κ3) is 3.50. The van der Waals surface area contributed by atoms with Gasteiger partial charge in [-0.25, -0.2) is 4.79 Å². The summed E-state index contributed by atoms with van der Waals surface area (Å²) >= 11 is 6.21. The largest absolute Gasteiger partial charge is 0.332 e. The summed E-state index contributed by atoms with van der Waals surface area (Å²) in [5.41, 5.74) is 0.00890. The summed E-state index contributed by atoms with van der Waals surface area (Å²) in [5, 5.41) is 0.318. The molecular formula is C14H23ClN2O2. The monoisotopic (exact) mass is 286 g/mol. The highest BCUT2D eigenvalue weighted by molar-refractivity contribution is 6.30. The van der Waals surface area contributed by atoms with Crippen LogP contribution in [-0.2, 0) is 19.5 Å². The highest BCUT2D eigenvalue weighted by Crippen LogP contribution is 2.12. The van der Waals surface area contributed by atoms with Crippen LogP contribution in [0.4, 0.5) is 0 Å². The summed E-state index contributed by atoms with van der Waals surface area (Å²) in [5.74, 6) is 0. The first kappa shape index (κ1) is 16.0. The fourth-order valence-corrected chi connectivity index (χ4v) is 2.57. The molecule has 4 nitrogen and oxygen atoms in total. The molecule has 0 atom stereocenters. The first-order valence-corrected chi connectivity index (χ1v) is 7.48. The van der Waals surface area contributed by atoms with Gasteiger partial charge in [0, 0.05) is 13.1 Å². The Bertz CT molecular complexity index is 531. The molecule has 0 aliphatic carbocycles. The smallest absolute Gasteiger partial charge is 0.283 e. The van der Waals surface area contributed by atoms with Crippen LogP contribution in [0.25, 0.3) is 0 Å². The molecule has 0 aliphatic heterocycles. The van der Waals surface area contributed by atoms with E-state index in [1.54, 1.807) is 11.5 Å². The Morgan fingerprint density at radius 3 is 2.21 bits per heavy atom. The molecular weight excluding hydrogens is 264 g/mol. The van der Waals surface area contributed by atoms with Crippen LogP contribution in [-0.4, -0.2) is 9.13 Å². The van der Waals surface area contributed by atoms with E-state index in [9.17, 15) is 9.59 Å². The summed E-state index contributed by atoms with van der Waals surface area (Å²) in [4.78, 5) is 24.3. The van der Waals surface area contributed by atoms with Crippen molar-refractivity contribution < 1.29 is 0 Å². The minimum atomic E-state index is -0.286. The maximum atomic E-state index is 12.2. The second kappa shape index (κ2) is 7.53. The SMILES string of the molecule is CCCCCCn1c(Cl)c(CC)c(=O)n(CC)c1=O. The quantitative estimate of drug-likeness (QED) is 0.571. The molecule has 1 rings (SSSR count). The maximum Gasteiger partial charge on any atom is 0.332 e.